The molecule has 0 bridgehead atoms. The van der Waals surface area contributed by atoms with Crippen LogP contribution in [0.1, 0.15) is 0 Å². The molecule has 7 aromatic rings. The second-order valence-electron chi connectivity index (χ2n) is 8.58. The number of para-hydroxylation sites is 1. The van der Waals surface area contributed by atoms with E-state index in [9.17, 15) is 0 Å². The summed E-state index contributed by atoms with van der Waals surface area (Å²) in [5.74, 6) is 1.92. The van der Waals surface area contributed by atoms with E-state index in [0.29, 0.717) is 17.6 Å². The van der Waals surface area contributed by atoms with Crippen LogP contribution in [0.5, 0.6) is 0 Å². The fourth-order valence-electron chi connectivity index (χ4n) is 4.77. The predicted octanol–water partition coefficient (Wildman–Crippen LogP) is 7.46. The first-order valence-electron chi connectivity index (χ1n) is 11.6. The van der Waals surface area contributed by atoms with E-state index in [-0.39, 0.29) is 0 Å². The van der Waals surface area contributed by atoms with Crippen LogP contribution in [0.2, 0.25) is 0 Å². The van der Waals surface area contributed by atoms with Gasteiger partial charge in [-0.25, -0.2) is 4.98 Å². The van der Waals surface area contributed by atoms with Gasteiger partial charge in [0.2, 0.25) is 5.95 Å². The Balaban J connectivity index is 1.59. The Morgan fingerprint density at radius 1 is 0.429 bits per heavy atom. The highest BCUT2D eigenvalue weighted by Crippen LogP contribution is 2.34. The lowest BCUT2D eigenvalue weighted by Crippen LogP contribution is -2.06. The van der Waals surface area contributed by atoms with Crippen molar-refractivity contribution in [2.45, 2.75) is 0 Å². The Kier molecular flexibility index (Phi) is 4.42. The van der Waals surface area contributed by atoms with Crippen molar-refractivity contribution in [3.05, 3.63) is 121 Å². The van der Waals surface area contributed by atoms with Gasteiger partial charge in [0.15, 0.2) is 11.6 Å². The molecule has 5 aromatic carbocycles. The maximum Gasteiger partial charge on any atom is 0.238 e. The van der Waals surface area contributed by atoms with Gasteiger partial charge >= 0.3 is 0 Å². The lowest BCUT2D eigenvalue weighted by molar-refractivity contribution is 0.954. The molecule has 0 N–H and O–H groups in total. The third-order valence-corrected chi connectivity index (χ3v) is 6.43. The molecule has 0 fully saturated rings. The van der Waals surface area contributed by atoms with Gasteiger partial charge in [-0.3, -0.25) is 4.57 Å². The van der Waals surface area contributed by atoms with Crippen LogP contribution in [-0.2, 0) is 0 Å². The van der Waals surface area contributed by atoms with Crippen LogP contribution in [0.25, 0.3) is 61.3 Å². The van der Waals surface area contributed by atoms with Gasteiger partial charge < -0.3 is 0 Å². The van der Waals surface area contributed by atoms with Gasteiger partial charge in [-0.05, 0) is 29.0 Å². The summed E-state index contributed by atoms with van der Waals surface area (Å²) in [7, 11) is 0. The molecule has 164 valence electrons. The third kappa shape index (κ3) is 3.27. The van der Waals surface area contributed by atoms with Crippen LogP contribution in [0.4, 0.5) is 0 Å². The van der Waals surface area contributed by atoms with Crippen molar-refractivity contribution in [2.75, 3.05) is 0 Å². The van der Waals surface area contributed by atoms with E-state index in [1.165, 1.54) is 21.5 Å². The molecule has 35 heavy (non-hydrogen) atoms. The van der Waals surface area contributed by atoms with Crippen LogP contribution in [0, 0.1) is 0 Å². The monoisotopic (exact) mass is 448 g/mol. The summed E-state index contributed by atoms with van der Waals surface area (Å²) in [4.78, 5) is 14.8. The number of aromatic nitrogens is 4. The minimum absolute atomic E-state index is 0.610. The first-order chi connectivity index (χ1) is 17.3. The Bertz CT molecular complexity index is 1780. The van der Waals surface area contributed by atoms with Crippen molar-refractivity contribution >= 4 is 32.6 Å². The molecule has 0 aliphatic carbocycles. The molecule has 0 saturated carbocycles. The standard InChI is InChI=1S/C31H20N4/c1-3-11-21(12-4-1)29-32-30(22-13-5-2-6-14-22)34-31(33-29)35-27-18-10-9-17-25(27)26-19-23-15-7-8-16-24(23)20-28(26)35/h1-20H. The maximum atomic E-state index is 4.99. The quantitative estimate of drug-likeness (QED) is 0.282. The summed E-state index contributed by atoms with van der Waals surface area (Å²) in [6.07, 6.45) is 0. The van der Waals surface area contributed by atoms with E-state index in [4.69, 9.17) is 15.0 Å². The van der Waals surface area contributed by atoms with Gasteiger partial charge in [0, 0.05) is 21.9 Å². The SMILES string of the molecule is c1ccc(-c2nc(-c3ccccc3)nc(-n3c4ccccc4c4cc5ccccc5cc43)n2)cc1. The Morgan fingerprint density at radius 3 is 1.63 bits per heavy atom. The molecular weight excluding hydrogens is 428 g/mol. The number of hydrogen-bond donors (Lipinski definition) is 0. The van der Waals surface area contributed by atoms with Gasteiger partial charge in [-0.15, -0.1) is 0 Å². The third-order valence-electron chi connectivity index (χ3n) is 6.43. The van der Waals surface area contributed by atoms with Gasteiger partial charge in [-0.1, -0.05) is 103 Å². The number of nitrogens with zero attached hydrogens (tertiary/aromatic N) is 4. The molecule has 0 amide bonds. The average molecular weight is 449 g/mol. The number of hydrogen-bond acceptors (Lipinski definition) is 3. The normalized spacial score (nSPS) is 11.4. The molecule has 0 radical (unpaired) electrons. The molecule has 4 nitrogen and oxygen atoms in total. The van der Waals surface area contributed by atoms with Crippen LogP contribution < -0.4 is 0 Å². The molecule has 4 heteroatoms. The Labute approximate surface area is 202 Å². The van der Waals surface area contributed by atoms with Crippen molar-refractivity contribution < 1.29 is 0 Å². The van der Waals surface area contributed by atoms with Gasteiger partial charge in [0.1, 0.15) is 0 Å². The van der Waals surface area contributed by atoms with Crippen molar-refractivity contribution in [1.82, 2.24) is 19.5 Å². The molecule has 0 unspecified atom stereocenters. The minimum Gasteiger partial charge on any atom is -0.278 e. The van der Waals surface area contributed by atoms with Crippen molar-refractivity contribution in [2.24, 2.45) is 0 Å². The molecule has 0 aliphatic rings. The van der Waals surface area contributed by atoms with Crippen molar-refractivity contribution in [3.63, 3.8) is 0 Å². The minimum atomic E-state index is 0.610. The molecule has 2 aromatic heterocycles. The van der Waals surface area contributed by atoms with E-state index < -0.39 is 0 Å². The van der Waals surface area contributed by atoms with E-state index in [0.717, 1.165) is 22.2 Å². The lowest BCUT2D eigenvalue weighted by Gasteiger charge is -2.11. The summed E-state index contributed by atoms with van der Waals surface area (Å²) in [6.45, 7) is 0. The highest BCUT2D eigenvalue weighted by atomic mass is 15.2. The van der Waals surface area contributed by atoms with E-state index in [2.05, 4.69) is 65.2 Å². The molecule has 0 aliphatic heterocycles. The Hall–Kier alpha value is -4.83. The summed E-state index contributed by atoms with van der Waals surface area (Å²) in [5.41, 5.74) is 4.07. The van der Waals surface area contributed by atoms with Crippen molar-refractivity contribution in [1.29, 1.82) is 0 Å². The van der Waals surface area contributed by atoms with Gasteiger partial charge in [-0.2, -0.15) is 9.97 Å². The first-order valence-corrected chi connectivity index (χ1v) is 11.6. The molecule has 0 saturated heterocycles. The summed E-state index contributed by atoms with van der Waals surface area (Å²) >= 11 is 0. The smallest absolute Gasteiger partial charge is 0.238 e. The predicted molar refractivity (Wildman–Crippen MR) is 143 cm³/mol. The summed E-state index contributed by atoms with van der Waals surface area (Å²) < 4.78 is 2.16. The number of benzene rings is 5. The zero-order valence-corrected chi connectivity index (χ0v) is 18.8. The van der Waals surface area contributed by atoms with Gasteiger partial charge in [0.25, 0.3) is 0 Å². The van der Waals surface area contributed by atoms with Crippen molar-refractivity contribution in [3.8, 4) is 28.7 Å². The average Bonchev–Trinajstić information content (AvgIpc) is 3.26. The van der Waals surface area contributed by atoms with Crippen LogP contribution in [0.15, 0.2) is 121 Å². The second-order valence-corrected chi connectivity index (χ2v) is 8.58. The van der Waals surface area contributed by atoms with Crippen LogP contribution >= 0.6 is 0 Å². The molecule has 2 heterocycles. The largest absolute Gasteiger partial charge is 0.278 e. The van der Waals surface area contributed by atoms with Gasteiger partial charge in [0.05, 0.1) is 11.0 Å². The van der Waals surface area contributed by atoms with Crippen LogP contribution in [0.3, 0.4) is 0 Å². The fourth-order valence-corrected chi connectivity index (χ4v) is 4.77. The number of rotatable bonds is 3. The molecule has 0 spiro atoms. The van der Waals surface area contributed by atoms with E-state index >= 15 is 0 Å². The zero-order valence-electron chi connectivity index (χ0n) is 18.8. The highest BCUT2D eigenvalue weighted by molar-refractivity contribution is 6.13. The topological polar surface area (TPSA) is 43.6 Å². The second kappa shape index (κ2) is 7.89. The highest BCUT2D eigenvalue weighted by Gasteiger charge is 2.18. The summed E-state index contributed by atoms with van der Waals surface area (Å²) in [6, 6.07) is 41.6. The summed E-state index contributed by atoms with van der Waals surface area (Å²) in [5, 5.41) is 4.76. The van der Waals surface area contributed by atoms with E-state index in [1.807, 2.05) is 60.7 Å². The maximum absolute atomic E-state index is 4.99. The number of fused-ring (bicyclic) bond motifs is 4. The molecular formula is C31H20N4. The fraction of sp³-hybridized carbons (Fsp3) is 0. The zero-order chi connectivity index (χ0) is 23.2. The molecule has 7 rings (SSSR count). The first kappa shape index (κ1) is 19.6. The lowest BCUT2D eigenvalue weighted by atomic mass is 10.1. The molecule has 0 atom stereocenters. The Morgan fingerprint density at radius 2 is 0.971 bits per heavy atom. The van der Waals surface area contributed by atoms with Crippen LogP contribution in [-0.4, -0.2) is 19.5 Å². The van der Waals surface area contributed by atoms with E-state index in [1.54, 1.807) is 0 Å².